The van der Waals surface area contributed by atoms with Crippen LogP contribution >= 0.6 is 0 Å². The van der Waals surface area contributed by atoms with Crippen molar-refractivity contribution in [3.05, 3.63) is 11.6 Å². The molecule has 0 saturated heterocycles. The predicted octanol–water partition coefficient (Wildman–Crippen LogP) is 4.93. The van der Waals surface area contributed by atoms with Gasteiger partial charge in [0.15, 0.2) is 0 Å². The van der Waals surface area contributed by atoms with Crippen molar-refractivity contribution in [2.24, 2.45) is 29.1 Å². The zero-order chi connectivity index (χ0) is 20.3. The summed E-state index contributed by atoms with van der Waals surface area (Å²) >= 11 is 0. The van der Waals surface area contributed by atoms with Gasteiger partial charge in [0.1, 0.15) is 0 Å². The number of hydrogen-bond acceptors (Lipinski definition) is 3. The van der Waals surface area contributed by atoms with Crippen LogP contribution in [-0.4, -0.2) is 33.5 Å². The summed E-state index contributed by atoms with van der Waals surface area (Å²) in [5.41, 5.74) is 1.63. The summed E-state index contributed by atoms with van der Waals surface area (Å²) in [6.45, 7) is 4.62. The SMILES string of the molecule is CC1C(=CCCCC(=O)O)[C@]2(C)CC[C@H](O)[C@@H](CCC(O)C3CCCCC3)[C@H]12. The number of rotatable bonds is 8. The number of carbonyl (C=O) groups is 1. The molecule has 4 heteroatoms. The smallest absolute Gasteiger partial charge is 0.303 e. The average molecular weight is 393 g/mol. The third kappa shape index (κ3) is 4.48. The molecular formula is C24H40O4. The molecule has 3 rings (SSSR count). The van der Waals surface area contributed by atoms with Crippen LogP contribution in [0.2, 0.25) is 0 Å². The Morgan fingerprint density at radius 2 is 1.96 bits per heavy atom. The number of aliphatic hydroxyl groups excluding tert-OH is 2. The fraction of sp³-hybridized carbons (Fsp3) is 0.875. The summed E-state index contributed by atoms with van der Waals surface area (Å²) in [5, 5.41) is 30.3. The normalized spacial score (nSPS) is 38.6. The number of aliphatic hydroxyl groups is 2. The van der Waals surface area contributed by atoms with E-state index < -0.39 is 5.97 Å². The molecule has 0 spiro atoms. The van der Waals surface area contributed by atoms with Gasteiger partial charge in [-0.3, -0.25) is 4.79 Å². The first kappa shape index (κ1) is 21.8. The highest BCUT2D eigenvalue weighted by molar-refractivity contribution is 5.66. The Labute approximate surface area is 170 Å². The zero-order valence-electron chi connectivity index (χ0n) is 17.8. The molecule has 0 amide bonds. The number of allylic oxidation sites excluding steroid dienone is 2. The maximum atomic E-state index is 10.7. The molecule has 3 saturated carbocycles. The van der Waals surface area contributed by atoms with E-state index in [-0.39, 0.29) is 30.0 Å². The maximum Gasteiger partial charge on any atom is 0.303 e. The number of carboxylic acids is 1. The Hall–Kier alpha value is -0.870. The Kier molecular flexibility index (Phi) is 7.25. The number of fused-ring (bicyclic) bond motifs is 1. The van der Waals surface area contributed by atoms with Crippen molar-refractivity contribution in [3.8, 4) is 0 Å². The minimum absolute atomic E-state index is 0.155. The van der Waals surface area contributed by atoms with Gasteiger partial charge in [0.05, 0.1) is 12.2 Å². The van der Waals surface area contributed by atoms with Crippen LogP contribution in [-0.2, 0) is 4.79 Å². The minimum atomic E-state index is -0.721. The van der Waals surface area contributed by atoms with E-state index in [2.05, 4.69) is 19.9 Å². The maximum absolute atomic E-state index is 10.7. The van der Waals surface area contributed by atoms with Gasteiger partial charge < -0.3 is 15.3 Å². The standard InChI is InChI=1S/C24H40O4/c1-16-19(10-6-7-11-22(27)28)24(2)15-14-21(26)18(23(16)24)12-13-20(25)17-8-4-3-5-9-17/h10,16-18,20-21,23,25-26H,3-9,11-15H2,1-2H3,(H,27,28)/t16?,18-,20?,21+,23+,24+/m1/s1. The Morgan fingerprint density at radius 3 is 2.64 bits per heavy atom. The first-order chi connectivity index (χ1) is 13.3. The van der Waals surface area contributed by atoms with Crippen LogP contribution in [0.15, 0.2) is 11.6 Å². The lowest BCUT2D eigenvalue weighted by atomic mass is 9.43. The molecule has 0 aromatic carbocycles. The van der Waals surface area contributed by atoms with Gasteiger partial charge in [-0.05, 0) is 80.5 Å². The van der Waals surface area contributed by atoms with E-state index in [1.165, 1.54) is 24.8 Å². The van der Waals surface area contributed by atoms with Crippen molar-refractivity contribution in [2.45, 2.75) is 103 Å². The van der Waals surface area contributed by atoms with Gasteiger partial charge in [0.25, 0.3) is 0 Å². The van der Waals surface area contributed by atoms with Gasteiger partial charge in [-0.15, -0.1) is 0 Å². The molecule has 160 valence electrons. The molecule has 2 unspecified atom stereocenters. The molecule has 3 fully saturated rings. The molecule has 0 aromatic heterocycles. The second kappa shape index (κ2) is 9.30. The van der Waals surface area contributed by atoms with Crippen LogP contribution in [0.5, 0.6) is 0 Å². The minimum Gasteiger partial charge on any atom is -0.481 e. The molecule has 4 nitrogen and oxygen atoms in total. The highest BCUT2D eigenvalue weighted by Crippen LogP contribution is 2.65. The van der Waals surface area contributed by atoms with Crippen molar-refractivity contribution < 1.29 is 20.1 Å². The fourth-order valence-corrected chi connectivity index (χ4v) is 6.84. The largest absolute Gasteiger partial charge is 0.481 e. The number of aliphatic carboxylic acids is 1. The summed E-state index contributed by atoms with van der Waals surface area (Å²) in [4.78, 5) is 10.7. The first-order valence-electron chi connectivity index (χ1n) is 11.6. The molecule has 0 aromatic rings. The van der Waals surface area contributed by atoms with Gasteiger partial charge in [-0.25, -0.2) is 0 Å². The molecule has 3 aliphatic rings. The summed E-state index contributed by atoms with van der Waals surface area (Å²) in [6.07, 6.45) is 13.4. The third-order valence-electron chi connectivity index (χ3n) is 8.29. The number of unbranched alkanes of at least 4 members (excludes halogenated alkanes) is 1. The molecule has 0 heterocycles. The monoisotopic (exact) mass is 392 g/mol. The molecule has 6 atom stereocenters. The number of hydrogen-bond donors (Lipinski definition) is 3. The topological polar surface area (TPSA) is 77.8 Å². The Balaban J connectivity index is 1.58. The molecule has 0 bridgehead atoms. The highest BCUT2D eigenvalue weighted by atomic mass is 16.4. The second-order valence-electron chi connectivity index (χ2n) is 9.99. The lowest BCUT2D eigenvalue weighted by molar-refractivity contribution is -0.137. The average Bonchev–Trinajstić information content (AvgIpc) is 2.68. The van der Waals surface area contributed by atoms with Crippen molar-refractivity contribution in [2.75, 3.05) is 0 Å². The molecule has 0 radical (unpaired) electrons. The first-order valence-corrected chi connectivity index (χ1v) is 11.6. The van der Waals surface area contributed by atoms with E-state index in [1.54, 1.807) is 0 Å². The van der Waals surface area contributed by atoms with Gasteiger partial charge >= 0.3 is 5.97 Å². The summed E-state index contributed by atoms with van der Waals surface area (Å²) in [6, 6.07) is 0. The summed E-state index contributed by atoms with van der Waals surface area (Å²) in [7, 11) is 0. The van der Waals surface area contributed by atoms with Crippen LogP contribution in [0.3, 0.4) is 0 Å². The Morgan fingerprint density at radius 1 is 1.25 bits per heavy atom. The molecule has 0 aliphatic heterocycles. The van der Waals surface area contributed by atoms with Gasteiger partial charge in [0.2, 0.25) is 0 Å². The van der Waals surface area contributed by atoms with Gasteiger partial charge in [-0.1, -0.05) is 44.8 Å². The molecule has 3 aliphatic carbocycles. The van der Waals surface area contributed by atoms with E-state index in [0.29, 0.717) is 24.2 Å². The lowest BCUT2D eigenvalue weighted by Crippen LogP contribution is -2.57. The summed E-state index contributed by atoms with van der Waals surface area (Å²) < 4.78 is 0. The van der Waals surface area contributed by atoms with E-state index in [4.69, 9.17) is 5.11 Å². The predicted molar refractivity (Wildman–Crippen MR) is 111 cm³/mol. The van der Waals surface area contributed by atoms with Crippen LogP contribution < -0.4 is 0 Å². The van der Waals surface area contributed by atoms with Crippen molar-refractivity contribution >= 4 is 5.97 Å². The van der Waals surface area contributed by atoms with Crippen LogP contribution in [0.1, 0.15) is 90.9 Å². The molecule has 28 heavy (non-hydrogen) atoms. The van der Waals surface area contributed by atoms with Crippen molar-refractivity contribution in [3.63, 3.8) is 0 Å². The van der Waals surface area contributed by atoms with Crippen LogP contribution in [0.25, 0.3) is 0 Å². The van der Waals surface area contributed by atoms with Crippen molar-refractivity contribution in [1.82, 2.24) is 0 Å². The van der Waals surface area contributed by atoms with E-state index >= 15 is 0 Å². The Bertz CT molecular complexity index is 565. The van der Waals surface area contributed by atoms with Gasteiger partial charge in [0, 0.05) is 6.42 Å². The quantitative estimate of drug-likeness (QED) is 0.404. The second-order valence-corrected chi connectivity index (χ2v) is 9.99. The van der Waals surface area contributed by atoms with Crippen molar-refractivity contribution in [1.29, 1.82) is 0 Å². The van der Waals surface area contributed by atoms with E-state index in [1.807, 2.05) is 0 Å². The van der Waals surface area contributed by atoms with E-state index in [0.717, 1.165) is 44.9 Å². The van der Waals surface area contributed by atoms with Crippen LogP contribution in [0.4, 0.5) is 0 Å². The fourth-order valence-electron chi connectivity index (χ4n) is 6.84. The van der Waals surface area contributed by atoms with Gasteiger partial charge in [-0.2, -0.15) is 0 Å². The molecular weight excluding hydrogens is 352 g/mol. The highest BCUT2D eigenvalue weighted by Gasteiger charge is 2.58. The van der Waals surface area contributed by atoms with E-state index in [9.17, 15) is 15.0 Å². The summed E-state index contributed by atoms with van der Waals surface area (Å²) in [5.74, 6) is 0.969. The third-order valence-corrected chi connectivity index (χ3v) is 8.29. The van der Waals surface area contributed by atoms with Crippen LogP contribution in [0, 0.1) is 29.1 Å². The number of carboxylic acid groups (broad SMARTS) is 1. The zero-order valence-corrected chi connectivity index (χ0v) is 17.8. The lowest BCUT2D eigenvalue weighted by Gasteiger charge is -2.62. The molecule has 3 N–H and O–H groups in total.